The van der Waals surface area contributed by atoms with Crippen molar-refractivity contribution in [3.63, 3.8) is 0 Å². The lowest BCUT2D eigenvalue weighted by Crippen LogP contribution is -2.54. The molecule has 0 aromatic heterocycles. The van der Waals surface area contributed by atoms with Gasteiger partial charge in [0.2, 0.25) is 0 Å². The first-order valence-electron chi connectivity index (χ1n) is 18.3. The van der Waals surface area contributed by atoms with Gasteiger partial charge in [0.05, 0.1) is 12.3 Å². The third kappa shape index (κ3) is 6.68. The Labute approximate surface area is 309 Å². The van der Waals surface area contributed by atoms with Gasteiger partial charge in [-0.3, -0.25) is 14.9 Å². The molecule has 3 heterocycles. The van der Waals surface area contributed by atoms with Crippen LogP contribution >= 0.6 is 0 Å². The summed E-state index contributed by atoms with van der Waals surface area (Å²) in [5, 5.41) is 2.44. The lowest BCUT2D eigenvalue weighted by Gasteiger charge is -2.44. The van der Waals surface area contributed by atoms with Gasteiger partial charge >= 0.3 is 6.03 Å². The molecular weight excluding hydrogens is 663 g/mol. The number of anilines is 2. The zero-order chi connectivity index (χ0) is 36.5. The lowest BCUT2D eigenvalue weighted by molar-refractivity contribution is -0.122. The summed E-state index contributed by atoms with van der Waals surface area (Å²) in [7, 11) is 0. The van der Waals surface area contributed by atoms with Crippen molar-refractivity contribution in [2.75, 3.05) is 29.5 Å². The van der Waals surface area contributed by atoms with E-state index in [1.165, 1.54) is 22.9 Å². The number of urea groups is 1. The average Bonchev–Trinajstić information content (AvgIpc) is 3.17. The molecule has 0 aliphatic carbocycles. The number of carbonyl (C=O) groups is 3. The van der Waals surface area contributed by atoms with Crippen LogP contribution in [0.4, 0.5) is 16.2 Å². The first kappa shape index (κ1) is 34.0. The van der Waals surface area contributed by atoms with Crippen LogP contribution in [0.1, 0.15) is 70.5 Å². The van der Waals surface area contributed by atoms with Gasteiger partial charge in [0.15, 0.2) is 11.5 Å². The number of hydrogen-bond donors (Lipinski definition) is 1. The van der Waals surface area contributed by atoms with Gasteiger partial charge in [0.25, 0.3) is 11.8 Å². The second-order valence-electron chi connectivity index (χ2n) is 13.8. The van der Waals surface area contributed by atoms with Crippen molar-refractivity contribution >= 4 is 35.3 Å². The Bertz CT molecular complexity index is 2160. The SMILES string of the molecule is CCOc1cc(/C=C2\C(=O)NC(=O)N(c3cc4c5c(c3)[C@@H](c3ccccc3)CCN5CC[C@@H]4c3ccccc3)C2=O)ccc1OCc1cccc(C)c1. The van der Waals surface area contributed by atoms with Crippen LogP contribution in [0.15, 0.2) is 121 Å². The number of imide groups is 2. The second kappa shape index (κ2) is 14.5. The maximum atomic E-state index is 14.4. The van der Waals surface area contributed by atoms with Crippen molar-refractivity contribution in [1.82, 2.24) is 5.32 Å². The summed E-state index contributed by atoms with van der Waals surface area (Å²) < 4.78 is 12.0. The highest BCUT2D eigenvalue weighted by Crippen LogP contribution is 2.50. The monoisotopic (exact) mass is 703 g/mol. The molecule has 0 radical (unpaired) electrons. The summed E-state index contributed by atoms with van der Waals surface area (Å²) in [6.45, 7) is 6.51. The van der Waals surface area contributed by atoms with Crippen LogP contribution in [0, 0.1) is 6.92 Å². The van der Waals surface area contributed by atoms with Gasteiger partial charge in [0.1, 0.15) is 12.2 Å². The summed E-state index contributed by atoms with van der Waals surface area (Å²) in [6.07, 6.45) is 3.33. The number of amides is 4. The van der Waals surface area contributed by atoms with E-state index in [0.29, 0.717) is 36.0 Å². The number of aryl methyl sites for hydroxylation is 1. The first-order chi connectivity index (χ1) is 25.9. The predicted molar refractivity (Wildman–Crippen MR) is 207 cm³/mol. The van der Waals surface area contributed by atoms with Gasteiger partial charge in [-0.25, -0.2) is 9.69 Å². The number of nitrogens with one attached hydrogen (secondary N) is 1. The van der Waals surface area contributed by atoms with Crippen molar-refractivity contribution in [2.45, 2.75) is 45.1 Å². The van der Waals surface area contributed by atoms with Crippen molar-refractivity contribution < 1.29 is 23.9 Å². The molecule has 3 aliphatic heterocycles. The van der Waals surface area contributed by atoms with Gasteiger partial charge < -0.3 is 14.4 Å². The minimum atomic E-state index is -0.768. The van der Waals surface area contributed by atoms with Crippen LogP contribution in [0.3, 0.4) is 0 Å². The number of rotatable bonds is 9. The zero-order valence-electron chi connectivity index (χ0n) is 29.9. The molecule has 8 heteroatoms. The smallest absolute Gasteiger partial charge is 0.335 e. The van der Waals surface area contributed by atoms with Gasteiger partial charge in [-0.1, -0.05) is 96.6 Å². The molecule has 8 rings (SSSR count). The molecular formula is C45H41N3O5. The Morgan fingerprint density at radius 2 is 1.40 bits per heavy atom. The summed E-state index contributed by atoms with van der Waals surface area (Å²) in [5.74, 6) is -0.227. The maximum Gasteiger partial charge on any atom is 0.335 e. The van der Waals surface area contributed by atoms with E-state index in [9.17, 15) is 14.4 Å². The molecule has 0 saturated carbocycles. The summed E-state index contributed by atoms with van der Waals surface area (Å²) >= 11 is 0. The highest BCUT2D eigenvalue weighted by Gasteiger charge is 2.40. The molecule has 0 bridgehead atoms. The minimum absolute atomic E-state index is 0.0823. The van der Waals surface area contributed by atoms with Gasteiger partial charge in [-0.2, -0.15) is 0 Å². The number of barbiturate groups is 1. The fraction of sp³-hybridized carbons (Fsp3) is 0.222. The maximum absolute atomic E-state index is 14.4. The van der Waals surface area contributed by atoms with E-state index in [4.69, 9.17) is 9.47 Å². The fourth-order valence-corrected chi connectivity index (χ4v) is 7.99. The number of hydrogen-bond acceptors (Lipinski definition) is 6. The Hall–Kier alpha value is -6.15. The molecule has 3 aliphatic rings. The minimum Gasteiger partial charge on any atom is -0.490 e. The Morgan fingerprint density at radius 1 is 0.736 bits per heavy atom. The van der Waals surface area contributed by atoms with Gasteiger partial charge in [0, 0.05) is 30.6 Å². The third-order valence-electron chi connectivity index (χ3n) is 10.4. The second-order valence-corrected chi connectivity index (χ2v) is 13.8. The van der Waals surface area contributed by atoms with Crippen LogP contribution < -0.4 is 24.6 Å². The Balaban J connectivity index is 1.17. The van der Waals surface area contributed by atoms with E-state index >= 15 is 0 Å². The summed E-state index contributed by atoms with van der Waals surface area (Å²) in [5.41, 5.74) is 8.76. The zero-order valence-corrected chi connectivity index (χ0v) is 29.9. The summed E-state index contributed by atoms with van der Waals surface area (Å²) in [4.78, 5) is 44.9. The molecule has 0 unspecified atom stereocenters. The number of nitrogens with zero attached hydrogens (tertiary/aromatic N) is 2. The van der Waals surface area contributed by atoms with Crippen LogP contribution in [-0.4, -0.2) is 37.5 Å². The van der Waals surface area contributed by atoms with E-state index in [-0.39, 0.29) is 17.4 Å². The summed E-state index contributed by atoms with van der Waals surface area (Å²) in [6, 6.07) is 37.4. The number of benzene rings is 5. The van der Waals surface area contributed by atoms with Gasteiger partial charge in [-0.15, -0.1) is 0 Å². The molecule has 0 spiro atoms. The molecule has 5 aromatic carbocycles. The van der Waals surface area contributed by atoms with Crippen molar-refractivity contribution in [3.8, 4) is 11.5 Å². The van der Waals surface area contributed by atoms with Crippen LogP contribution in [0.5, 0.6) is 11.5 Å². The molecule has 1 saturated heterocycles. The average molecular weight is 704 g/mol. The highest BCUT2D eigenvalue weighted by molar-refractivity contribution is 6.39. The third-order valence-corrected chi connectivity index (χ3v) is 10.4. The normalized spacial score (nSPS) is 18.8. The largest absolute Gasteiger partial charge is 0.490 e. The molecule has 266 valence electrons. The highest BCUT2D eigenvalue weighted by atomic mass is 16.5. The van der Waals surface area contributed by atoms with Crippen molar-refractivity contribution in [1.29, 1.82) is 0 Å². The fourth-order valence-electron chi connectivity index (χ4n) is 7.99. The van der Waals surface area contributed by atoms with E-state index in [0.717, 1.165) is 53.1 Å². The van der Waals surface area contributed by atoms with E-state index in [1.807, 2.05) is 56.3 Å². The molecule has 1 fully saturated rings. The standard InChI is InChI=1S/C45H41N3O5/c1-3-52-41-25-30(17-18-40(41)53-28-31-12-10-11-29(2)23-31)24-39-43(49)46-45(51)48(44(39)50)34-26-37-35(32-13-6-4-7-14-32)19-21-47-22-20-36(38(27-34)42(37)47)33-15-8-5-9-16-33/h4-18,23-27,35-36H,3,19-22,28H2,1-2H3,(H,46,49,51)/b39-24+/t35-,36-/m1/s1. The van der Waals surface area contributed by atoms with Crippen molar-refractivity contribution in [2.24, 2.45) is 0 Å². The van der Waals surface area contributed by atoms with Gasteiger partial charge in [-0.05, 0) is 90.4 Å². The molecule has 53 heavy (non-hydrogen) atoms. The molecule has 2 atom stereocenters. The Kier molecular flexibility index (Phi) is 9.27. The van der Waals surface area contributed by atoms with E-state index < -0.39 is 17.8 Å². The van der Waals surface area contributed by atoms with E-state index in [1.54, 1.807) is 18.2 Å². The molecule has 1 N–H and O–H groups in total. The number of ether oxygens (including phenoxy) is 2. The molecule has 8 nitrogen and oxygen atoms in total. The van der Waals surface area contributed by atoms with Crippen LogP contribution in [0.25, 0.3) is 6.08 Å². The lowest BCUT2D eigenvalue weighted by atomic mass is 9.76. The predicted octanol–water partition coefficient (Wildman–Crippen LogP) is 8.52. The van der Waals surface area contributed by atoms with Crippen LogP contribution in [0.2, 0.25) is 0 Å². The number of carbonyl (C=O) groups excluding carboxylic acids is 3. The molecule has 5 aromatic rings. The Morgan fingerprint density at radius 3 is 2.02 bits per heavy atom. The quantitative estimate of drug-likeness (QED) is 0.122. The topological polar surface area (TPSA) is 88.2 Å². The van der Waals surface area contributed by atoms with Crippen LogP contribution in [-0.2, 0) is 16.2 Å². The van der Waals surface area contributed by atoms with E-state index in [2.05, 4.69) is 64.8 Å². The molecule has 4 amide bonds. The van der Waals surface area contributed by atoms with Crippen molar-refractivity contribution in [3.05, 3.63) is 160 Å². The first-order valence-corrected chi connectivity index (χ1v) is 18.3.